The van der Waals surface area contributed by atoms with E-state index in [0.29, 0.717) is 6.42 Å². The zero-order valence-electron chi connectivity index (χ0n) is 9.89. The number of carbonyl (C=O) groups excluding carboxylic acids is 1. The molecule has 3 heteroatoms. The molecule has 0 aliphatic carbocycles. The van der Waals surface area contributed by atoms with E-state index in [4.69, 9.17) is 0 Å². The fourth-order valence-corrected chi connectivity index (χ4v) is 1.67. The van der Waals surface area contributed by atoms with E-state index in [9.17, 15) is 4.79 Å². The van der Waals surface area contributed by atoms with Crippen LogP contribution < -0.4 is 5.32 Å². The van der Waals surface area contributed by atoms with E-state index < -0.39 is 0 Å². The lowest BCUT2D eigenvalue weighted by atomic mass is 10.2. The summed E-state index contributed by atoms with van der Waals surface area (Å²) in [6.07, 6.45) is 5.42. The van der Waals surface area contributed by atoms with Gasteiger partial charge in [0.15, 0.2) is 0 Å². The fraction of sp³-hybridized carbons (Fsp3) is 0.214. The Hall–Kier alpha value is -2.03. The normalized spacial score (nSPS) is 10.2. The molecule has 1 aromatic heterocycles. The van der Waals surface area contributed by atoms with Crippen molar-refractivity contribution in [1.29, 1.82) is 0 Å². The van der Waals surface area contributed by atoms with Gasteiger partial charge in [0.25, 0.3) is 0 Å². The van der Waals surface area contributed by atoms with Crippen molar-refractivity contribution in [1.82, 2.24) is 4.57 Å². The Morgan fingerprint density at radius 2 is 1.82 bits per heavy atom. The highest BCUT2D eigenvalue weighted by Crippen LogP contribution is 2.13. The number of anilines is 1. The third-order valence-corrected chi connectivity index (χ3v) is 2.53. The highest BCUT2D eigenvalue weighted by Gasteiger charge is 2.00. The van der Waals surface area contributed by atoms with E-state index in [1.165, 1.54) is 0 Å². The summed E-state index contributed by atoms with van der Waals surface area (Å²) < 4.78 is 2.03. The smallest absolute Gasteiger partial charge is 0.224 e. The van der Waals surface area contributed by atoms with Gasteiger partial charge in [-0.05, 0) is 42.8 Å². The van der Waals surface area contributed by atoms with Crippen molar-refractivity contribution in [2.24, 2.45) is 0 Å². The number of carbonyl (C=O) groups is 1. The van der Waals surface area contributed by atoms with Crippen molar-refractivity contribution in [3.05, 3.63) is 48.8 Å². The van der Waals surface area contributed by atoms with Crippen molar-refractivity contribution >= 4 is 11.6 Å². The van der Waals surface area contributed by atoms with E-state index >= 15 is 0 Å². The molecule has 1 heterocycles. The number of hydrogen-bond acceptors (Lipinski definition) is 1. The second-order valence-corrected chi connectivity index (χ2v) is 3.94. The number of amides is 1. The molecular formula is C14H16N2O. The average Bonchev–Trinajstić information content (AvgIpc) is 2.84. The summed E-state index contributed by atoms with van der Waals surface area (Å²) in [5.74, 6) is 0.0706. The third-order valence-electron chi connectivity index (χ3n) is 2.53. The molecule has 0 fully saturated rings. The minimum absolute atomic E-state index is 0.0706. The van der Waals surface area contributed by atoms with E-state index in [0.717, 1.165) is 17.8 Å². The van der Waals surface area contributed by atoms with Crippen LogP contribution in [0.4, 0.5) is 5.69 Å². The zero-order valence-corrected chi connectivity index (χ0v) is 9.89. The maximum Gasteiger partial charge on any atom is 0.224 e. The van der Waals surface area contributed by atoms with Gasteiger partial charge in [0, 0.05) is 30.2 Å². The maximum atomic E-state index is 11.4. The molecule has 0 saturated heterocycles. The van der Waals surface area contributed by atoms with Gasteiger partial charge >= 0.3 is 0 Å². The van der Waals surface area contributed by atoms with Gasteiger partial charge in [0.05, 0.1) is 0 Å². The first-order chi connectivity index (χ1) is 8.29. The molecule has 2 rings (SSSR count). The van der Waals surface area contributed by atoms with E-state index in [2.05, 4.69) is 5.32 Å². The Morgan fingerprint density at radius 1 is 1.18 bits per heavy atom. The number of benzene rings is 1. The minimum atomic E-state index is 0.0706. The molecule has 2 aromatic rings. The molecule has 0 unspecified atom stereocenters. The number of nitrogens with zero attached hydrogens (tertiary/aromatic N) is 1. The first kappa shape index (κ1) is 11.5. The Morgan fingerprint density at radius 3 is 2.41 bits per heavy atom. The highest BCUT2D eigenvalue weighted by molar-refractivity contribution is 5.90. The van der Waals surface area contributed by atoms with Crippen molar-refractivity contribution in [2.45, 2.75) is 19.8 Å². The van der Waals surface area contributed by atoms with Gasteiger partial charge in [-0.3, -0.25) is 4.79 Å². The van der Waals surface area contributed by atoms with E-state index in [-0.39, 0.29) is 5.91 Å². The van der Waals surface area contributed by atoms with Crippen LogP contribution in [0.1, 0.15) is 19.8 Å². The molecule has 88 valence electrons. The van der Waals surface area contributed by atoms with Crippen LogP contribution in [-0.4, -0.2) is 10.5 Å². The second-order valence-electron chi connectivity index (χ2n) is 3.94. The van der Waals surface area contributed by atoms with Gasteiger partial charge in [-0.1, -0.05) is 6.92 Å². The predicted molar refractivity (Wildman–Crippen MR) is 69.3 cm³/mol. The van der Waals surface area contributed by atoms with Crippen LogP contribution >= 0.6 is 0 Å². The monoisotopic (exact) mass is 228 g/mol. The molecule has 0 spiro atoms. The van der Waals surface area contributed by atoms with Crippen LogP contribution in [0, 0.1) is 0 Å². The van der Waals surface area contributed by atoms with Crippen LogP contribution in [0.5, 0.6) is 0 Å². The topological polar surface area (TPSA) is 34.0 Å². The lowest BCUT2D eigenvalue weighted by molar-refractivity contribution is -0.116. The van der Waals surface area contributed by atoms with Gasteiger partial charge in [-0.15, -0.1) is 0 Å². The van der Waals surface area contributed by atoms with Crippen LogP contribution in [0.25, 0.3) is 5.69 Å². The van der Waals surface area contributed by atoms with Gasteiger partial charge in [-0.2, -0.15) is 0 Å². The fourth-order valence-electron chi connectivity index (χ4n) is 1.67. The summed E-state index contributed by atoms with van der Waals surface area (Å²) in [5.41, 5.74) is 1.93. The molecular weight excluding hydrogens is 212 g/mol. The Bertz CT molecular complexity index is 471. The summed E-state index contributed by atoms with van der Waals surface area (Å²) in [7, 11) is 0. The van der Waals surface area contributed by atoms with Crippen molar-refractivity contribution in [3.8, 4) is 5.69 Å². The van der Waals surface area contributed by atoms with Gasteiger partial charge in [-0.25, -0.2) is 0 Å². The summed E-state index contributed by atoms with van der Waals surface area (Å²) in [4.78, 5) is 11.4. The Balaban J connectivity index is 2.06. The Kier molecular flexibility index (Phi) is 3.60. The summed E-state index contributed by atoms with van der Waals surface area (Å²) in [6, 6.07) is 11.8. The van der Waals surface area contributed by atoms with Gasteiger partial charge in [0.1, 0.15) is 0 Å². The average molecular weight is 228 g/mol. The number of rotatable bonds is 4. The minimum Gasteiger partial charge on any atom is -0.326 e. The second kappa shape index (κ2) is 5.34. The molecule has 1 aromatic carbocycles. The first-order valence-electron chi connectivity index (χ1n) is 5.83. The molecule has 1 N–H and O–H groups in total. The zero-order chi connectivity index (χ0) is 12.1. The molecule has 0 radical (unpaired) electrons. The molecule has 0 atom stereocenters. The number of hydrogen-bond donors (Lipinski definition) is 1. The van der Waals surface area contributed by atoms with Crippen LogP contribution in [0.3, 0.4) is 0 Å². The summed E-state index contributed by atoms with van der Waals surface area (Å²) in [5, 5.41) is 2.87. The predicted octanol–water partition coefficient (Wildman–Crippen LogP) is 3.22. The highest BCUT2D eigenvalue weighted by atomic mass is 16.1. The van der Waals surface area contributed by atoms with Crippen molar-refractivity contribution in [3.63, 3.8) is 0 Å². The van der Waals surface area contributed by atoms with Crippen molar-refractivity contribution in [2.75, 3.05) is 5.32 Å². The number of aromatic nitrogens is 1. The van der Waals surface area contributed by atoms with Gasteiger partial charge < -0.3 is 9.88 Å². The molecule has 0 aliphatic heterocycles. The molecule has 1 amide bonds. The molecule has 0 saturated carbocycles. The largest absolute Gasteiger partial charge is 0.326 e. The quantitative estimate of drug-likeness (QED) is 0.856. The van der Waals surface area contributed by atoms with E-state index in [1.54, 1.807) is 0 Å². The first-order valence-corrected chi connectivity index (χ1v) is 5.83. The molecule has 0 bridgehead atoms. The SMILES string of the molecule is CCCC(=O)Nc1ccc(-n2cccc2)cc1. The van der Waals surface area contributed by atoms with Crippen molar-refractivity contribution < 1.29 is 4.79 Å². The van der Waals surface area contributed by atoms with Crippen LogP contribution in [0.2, 0.25) is 0 Å². The van der Waals surface area contributed by atoms with Crippen LogP contribution in [-0.2, 0) is 4.79 Å². The molecule has 17 heavy (non-hydrogen) atoms. The standard InChI is InChI=1S/C14H16N2O/c1-2-5-14(17)15-12-6-8-13(9-7-12)16-10-3-4-11-16/h3-4,6-11H,2,5H2,1H3,(H,15,17). The van der Waals surface area contributed by atoms with Crippen LogP contribution in [0.15, 0.2) is 48.8 Å². The summed E-state index contributed by atoms with van der Waals surface area (Å²) in [6.45, 7) is 1.99. The van der Waals surface area contributed by atoms with Gasteiger partial charge in [0.2, 0.25) is 5.91 Å². The third kappa shape index (κ3) is 2.97. The summed E-state index contributed by atoms with van der Waals surface area (Å²) >= 11 is 0. The Labute approximate surface area is 101 Å². The lowest BCUT2D eigenvalue weighted by Gasteiger charge is -2.06. The maximum absolute atomic E-state index is 11.4. The molecule has 3 nitrogen and oxygen atoms in total. The van der Waals surface area contributed by atoms with E-state index in [1.807, 2.05) is 60.3 Å². The molecule has 0 aliphatic rings. The number of nitrogens with one attached hydrogen (secondary N) is 1. The lowest BCUT2D eigenvalue weighted by Crippen LogP contribution is -2.10.